The van der Waals surface area contributed by atoms with Crippen LogP contribution < -0.4 is 5.32 Å². The lowest BCUT2D eigenvalue weighted by Crippen LogP contribution is -2.44. The van der Waals surface area contributed by atoms with E-state index in [4.69, 9.17) is 16.7 Å². The van der Waals surface area contributed by atoms with Crippen molar-refractivity contribution in [2.75, 3.05) is 0 Å². The number of amides is 1. The van der Waals surface area contributed by atoms with Crippen LogP contribution in [0.2, 0.25) is 5.15 Å². The van der Waals surface area contributed by atoms with E-state index >= 15 is 0 Å². The molecule has 1 rings (SSSR count). The second kappa shape index (κ2) is 6.70. The van der Waals surface area contributed by atoms with Crippen molar-refractivity contribution in [3.8, 4) is 0 Å². The second-order valence-electron chi connectivity index (χ2n) is 5.29. The minimum absolute atomic E-state index is 0.126. The molecule has 1 atom stereocenters. The third kappa shape index (κ3) is 4.20. The summed E-state index contributed by atoms with van der Waals surface area (Å²) in [5.74, 6) is -1.60. The molecule has 0 fully saturated rings. The average Bonchev–Trinajstić information content (AvgIpc) is 2.33. The minimum Gasteiger partial charge on any atom is -0.480 e. The Morgan fingerprint density at radius 1 is 1.25 bits per heavy atom. The fourth-order valence-corrected chi connectivity index (χ4v) is 1.90. The van der Waals surface area contributed by atoms with Crippen molar-refractivity contribution in [1.82, 2.24) is 10.3 Å². The van der Waals surface area contributed by atoms with E-state index in [1.54, 1.807) is 19.9 Å². The van der Waals surface area contributed by atoms with Crippen molar-refractivity contribution in [3.05, 3.63) is 28.5 Å². The summed E-state index contributed by atoms with van der Waals surface area (Å²) in [6.07, 6.45) is 0. The molecule has 1 aromatic rings. The molecule has 0 aromatic carbocycles. The topological polar surface area (TPSA) is 79.3 Å². The van der Waals surface area contributed by atoms with E-state index in [0.29, 0.717) is 11.3 Å². The van der Waals surface area contributed by atoms with Crippen LogP contribution >= 0.6 is 11.6 Å². The summed E-state index contributed by atoms with van der Waals surface area (Å²) in [7, 11) is 0. The van der Waals surface area contributed by atoms with Crippen molar-refractivity contribution >= 4 is 23.5 Å². The van der Waals surface area contributed by atoms with Gasteiger partial charge in [-0.15, -0.1) is 0 Å². The normalized spacial score (nSPS) is 12.6. The van der Waals surface area contributed by atoms with Gasteiger partial charge in [0.1, 0.15) is 11.2 Å². The third-order valence-corrected chi connectivity index (χ3v) is 3.08. The van der Waals surface area contributed by atoms with Crippen molar-refractivity contribution < 1.29 is 14.7 Å². The molecule has 0 bridgehead atoms. The summed E-state index contributed by atoms with van der Waals surface area (Å²) in [5, 5.41) is 11.8. The summed E-state index contributed by atoms with van der Waals surface area (Å²) in [4.78, 5) is 27.4. The van der Waals surface area contributed by atoms with Gasteiger partial charge < -0.3 is 10.4 Å². The van der Waals surface area contributed by atoms with Gasteiger partial charge in [-0.05, 0) is 24.0 Å². The van der Waals surface area contributed by atoms with Crippen LogP contribution in [0.25, 0.3) is 0 Å². The van der Waals surface area contributed by atoms with E-state index in [1.807, 2.05) is 13.8 Å². The maximum Gasteiger partial charge on any atom is 0.326 e. The number of aromatic nitrogens is 1. The van der Waals surface area contributed by atoms with E-state index in [9.17, 15) is 9.59 Å². The summed E-state index contributed by atoms with van der Waals surface area (Å²) in [6.45, 7) is 7.35. The molecular formula is C14H19ClN2O3. The predicted molar refractivity (Wildman–Crippen MR) is 77.1 cm³/mol. The Labute approximate surface area is 123 Å². The highest BCUT2D eigenvalue weighted by molar-refractivity contribution is 6.29. The standard InChI is InChI=1S/C14H19ClN2O3/c1-7(2)10-5-9(6-11(15)16-10)13(18)17-12(8(3)4)14(19)20/h5-8,12H,1-4H3,(H,17,18)(H,19,20)/t12-/m1/s1. The molecule has 0 aliphatic carbocycles. The zero-order valence-electron chi connectivity index (χ0n) is 12.0. The molecule has 1 amide bonds. The number of carboxylic acid groups (broad SMARTS) is 1. The smallest absolute Gasteiger partial charge is 0.326 e. The molecule has 0 aliphatic heterocycles. The highest BCUT2D eigenvalue weighted by Gasteiger charge is 2.24. The number of aliphatic carboxylic acids is 1. The molecule has 1 aromatic heterocycles. The Bertz CT molecular complexity index is 515. The quantitative estimate of drug-likeness (QED) is 0.819. The van der Waals surface area contributed by atoms with Crippen LogP contribution in [0, 0.1) is 5.92 Å². The summed E-state index contributed by atoms with van der Waals surface area (Å²) in [6, 6.07) is 2.13. The Morgan fingerprint density at radius 3 is 2.30 bits per heavy atom. The molecule has 0 saturated heterocycles. The van der Waals surface area contributed by atoms with Crippen LogP contribution in [0.4, 0.5) is 0 Å². The summed E-state index contributed by atoms with van der Waals surface area (Å²) in [5.41, 5.74) is 1.01. The zero-order chi connectivity index (χ0) is 15.4. The Morgan fingerprint density at radius 2 is 1.85 bits per heavy atom. The number of carbonyl (C=O) groups excluding carboxylic acids is 1. The third-order valence-electron chi connectivity index (χ3n) is 2.89. The number of rotatable bonds is 5. The molecule has 0 radical (unpaired) electrons. The van der Waals surface area contributed by atoms with E-state index in [2.05, 4.69) is 10.3 Å². The summed E-state index contributed by atoms with van der Waals surface area (Å²) >= 11 is 5.89. The molecule has 0 aliphatic rings. The zero-order valence-corrected chi connectivity index (χ0v) is 12.7. The van der Waals surface area contributed by atoms with Gasteiger partial charge in [-0.2, -0.15) is 0 Å². The minimum atomic E-state index is -1.06. The average molecular weight is 299 g/mol. The molecule has 0 unspecified atom stereocenters. The molecule has 2 N–H and O–H groups in total. The molecule has 0 spiro atoms. The van der Waals surface area contributed by atoms with E-state index in [-0.39, 0.29) is 17.0 Å². The maximum absolute atomic E-state index is 12.1. The molecule has 6 heteroatoms. The second-order valence-corrected chi connectivity index (χ2v) is 5.68. The fraction of sp³-hybridized carbons (Fsp3) is 0.500. The van der Waals surface area contributed by atoms with Gasteiger partial charge in [-0.1, -0.05) is 39.3 Å². The first-order chi connectivity index (χ1) is 9.22. The lowest BCUT2D eigenvalue weighted by Gasteiger charge is -2.18. The van der Waals surface area contributed by atoms with Crippen molar-refractivity contribution in [2.45, 2.75) is 39.7 Å². The number of halogens is 1. The van der Waals surface area contributed by atoms with Crippen molar-refractivity contribution in [3.63, 3.8) is 0 Å². The first-order valence-electron chi connectivity index (χ1n) is 6.43. The lowest BCUT2D eigenvalue weighted by atomic mass is 10.0. The van der Waals surface area contributed by atoms with Gasteiger partial charge in [-0.25, -0.2) is 9.78 Å². The van der Waals surface area contributed by atoms with Gasteiger partial charge in [0, 0.05) is 11.3 Å². The van der Waals surface area contributed by atoms with E-state index in [0.717, 1.165) is 0 Å². The lowest BCUT2D eigenvalue weighted by molar-refractivity contribution is -0.140. The first kappa shape index (κ1) is 16.4. The van der Waals surface area contributed by atoms with Gasteiger partial charge in [0.05, 0.1) is 0 Å². The Kier molecular flexibility index (Phi) is 5.51. The first-order valence-corrected chi connectivity index (χ1v) is 6.81. The van der Waals surface area contributed by atoms with Crippen LogP contribution in [0.5, 0.6) is 0 Å². The monoisotopic (exact) mass is 298 g/mol. The highest BCUT2D eigenvalue weighted by atomic mass is 35.5. The van der Waals surface area contributed by atoms with Crippen molar-refractivity contribution in [2.24, 2.45) is 5.92 Å². The van der Waals surface area contributed by atoms with Gasteiger partial charge >= 0.3 is 5.97 Å². The maximum atomic E-state index is 12.1. The van der Waals surface area contributed by atoms with Crippen molar-refractivity contribution in [1.29, 1.82) is 0 Å². The number of pyridine rings is 1. The number of nitrogens with one attached hydrogen (secondary N) is 1. The summed E-state index contributed by atoms with van der Waals surface area (Å²) < 4.78 is 0. The van der Waals surface area contributed by atoms with Gasteiger partial charge in [0.2, 0.25) is 0 Å². The highest BCUT2D eigenvalue weighted by Crippen LogP contribution is 2.18. The van der Waals surface area contributed by atoms with E-state index in [1.165, 1.54) is 6.07 Å². The molecule has 0 saturated carbocycles. The predicted octanol–water partition coefficient (Wildman–Crippen LogP) is 2.70. The van der Waals surface area contributed by atoms with Gasteiger partial charge in [0.15, 0.2) is 0 Å². The number of hydrogen-bond donors (Lipinski definition) is 2. The Balaban J connectivity index is 3.00. The molecule has 110 valence electrons. The van der Waals surface area contributed by atoms with Crippen LogP contribution in [0.1, 0.15) is 49.7 Å². The SMILES string of the molecule is CC(C)c1cc(C(=O)N[C@@H](C(=O)O)C(C)C)cc(Cl)n1. The molecular weight excluding hydrogens is 280 g/mol. The largest absolute Gasteiger partial charge is 0.480 e. The number of hydrogen-bond acceptors (Lipinski definition) is 3. The van der Waals surface area contributed by atoms with E-state index < -0.39 is 17.9 Å². The van der Waals surface area contributed by atoms with Crippen LogP contribution in [0.3, 0.4) is 0 Å². The fourth-order valence-electron chi connectivity index (χ4n) is 1.68. The number of carbonyl (C=O) groups is 2. The molecule has 20 heavy (non-hydrogen) atoms. The van der Waals surface area contributed by atoms with Gasteiger partial charge in [0.25, 0.3) is 5.91 Å². The Hall–Kier alpha value is -1.62. The molecule has 1 heterocycles. The number of carboxylic acids is 1. The van der Waals surface area contributed by atoms with Crippen LogP contribution in [-0.4, -0.2) is 28.0 Å². The van der Waals surface area contributed by atoms with Crippen LogP contribution in [-0.2, 0) is 4.79 Å². The number of nitrogens with zero attached hydrogens (tertiary/aromatic N) is 1. The van der Waals surface area contributed by atoms with Crippen LogP contribution in [0.15, 0.2) is 12.1 Å². The molecule has 5 nitrogen and oxygen atoms in total. The van der Waals surface area contributed by atoms with Gasteiger partial charge in [-0.3, -0.25) is 4.79 Å².